The maximum Gasteiger partial charge on any atom is 0.221 e. The van der Waals surface area contributed by atoms with Crippen LogP contribution in [-0.4, -0.2) is 16.9 Å². The van der Waals surface area contributed by atoms with Gasteiger partial charge in [-0.05, 0) is 41.0 Å². The molecule has 140 valence electrons. The van der Waals surface area contributed by atoms with Crippen molar-refractivity contribution in [3.63, 3.8) is 0 Å². The van der Waals surface area contributed by atoms with Crippen LogP contribution in [0.5, 0.6) is 0 Å². The van der Waals surface area contributed by atoms with Crippen molar-refractivity contribution in [1.29, 1.82) is 0 Å². The standard InChI is InChI=1S/C24H28N2O/c1-24(2,3)17-10-8-16(9-11-17)20(14-23(27)26-18-12-13-18)21-15-25-22-7-5-4-6-19(21)22/h4-11,15,18,20,25H,12-14H2,1-3H3,(H,26,27). The van der Waals surface area contributed by atoms with Gasteiger partial charge in [0.05, 0.1) is 0 Å². The van der Waals surface area contributed by atoms with Gasteiger partial charge in [0.2, 0.25) is 5.91 Å². The average Bonchev–Trinajstić information content (AvgIpc) is 3.35. The van der Waals surface area contributed by atoms with Gasteiger partial charge in [0.25, 0.3) is 0 Å². The van der Waals surface area contributed by atoms with Gasteiger partial charge in [0, 0.05) is 35.5 Å². The molecule has 3 aromatic rings. The Balaban J connectivity index is 1.70. The second-order valence-corrected chi connectivity index (χ2v) is 8.76. The maximum atomic E-state index is 12.6. The maximum absolute atomic E-state index is 12.6. The summed E-state index contributed by atoms with van der Waals surface area (Å²) in [6.45, 7) is 6.67. The van der Waals surface area contributed by atoms with Gasteiger partial charge in [-0.1, -0.05) is 63.2 Å². The average molecular weight is 361 g/mol. The van der Waals surface area contributed by atoms with Gasteiger partial charge in [-0.2, -0.15) is 0 Å². The Kier molecular flexibility index (Phi) is 4.55. The van der Waals surface area contributed by atoms with E-state index in [9.17, 15) is 4.79 Å². The number of aromatic nitrogens is 1. The highest BCUT2D eigenvalue weighted by molar-refractivity contribution is 5.86. The molecule has 1 amide bonds. The van der Waals surface area contributed by atoms with Crippen molar-refractivity contribution in [3.05, 3.63) is 71.4 Å². The Morgan fingerprint density at radius 2 is 1.81 bits per heavy atom. The second kappa shape index (κ2) is 6.88. The van der Waals surface area contributed by atoms with Gasteiger partial charge in [-0.3, -0.25) is 4.79 Å². The monoisotopic (exact) mass is 360 g/mol. The van der Waals surface area contributed by atoms with Crippen molar-refractivity contribution >= 4 is 16.8 Å². The van der Waals surface area contributed by atoms with Crippen molar-refractivity contribution in [3.8, 4) is 0 Å². The first-order chi connectivity index (χ1) is 12.9. The predicted octanol–water partition coefficient (Wildman–Crippen LogP) is 5.27. The van der Waals surface area contributed by atoms with Crippen LogP contribution in [-0.2, 0) is 10.2 Å². The van der Waals surface area contributed by atoms with Gasteiger partial charge in [0.15, 0.2) is 0 Å². The molecule has 4 rings (SSSR count). The highest BCUT2D eigenvalue weighted by Gasteiger charge is 2.27. The van der Waals surface area contributed by atoms with Crippen molar-refractivity contribution in [1.82, 2.24) is 10.3 Å². The minimum atomic E-state index is 0.0499. The molecule has 0 aliphatic heterocycles. The fourth-order valence-electron chi connectivity index (χ4n) is 3.70. The predicted molar refractivity (Wildman–Crippen MR) is 111 cm³/mol. The first-order valence-electron chi connectivity index (χ1n) is 9.87. The van der Waals surface area contributed by atoms with E-state index in [1.54, 1.807) is 0 Å². The molecule has 1 unspecified atom stereocenters. The molecule has 1 aliphatic rings. The van der Waals surface area contributed by atoms with Crippen LogP contribution in [0.1, 0.15) is 62.6 Å². The third-order valence-corrected chi connectivity index (χ3v) is 5.51. The number of hydrogen-bond donors (Lipinski definition) is 2. The number of nitrogens with one attached hydrogen (secondary N) is 2. The van der Waals surface area contributed by atoms with Gasteiger partial charge in [-0.15, -0.1) is 0 Å². The zero-order chi connectivity index (χ0) is 19.0. The molecule has 0 radical (unpaired) electrons. The van der Waals surface area contributed by atoms with E-state index < -0.39 is 0 Å². The zero-order valence-corrected chi connectivity index (χ0v) is 16.4. The summed E-state index contributed by atoms with van der Waals surface area (Å²) in [6, 6.07) is 17.5. The minimum Gasteiger partial charge on any atom is -0.361 e. The first-order valence-corrected chi connectivity index (χ1v) is 9.87. The number of fused-ring (bicyclic) bond motifs is 1. The van der Waals surface area contributed by atoms with Crippen LogP contribution in [0.3, 0.4) is 0 Å². The van der Waals surface area contributed by atoms with E-state index in [1.807, 2.05) is 6.07 Å². The van der Waals surface area contributed by atoms with E-state index in [2.05, 4.69) is 79.7 Å². The van der Waals surface area contributed by atoms with Crippen LogP contribution in [0.2, 0.25) is 0 Å². The van der Waals surface area contributed by atoms with E-state index >= 15 is 0 Å². The molecule has 0 saturated heterocycles. The molecule has 1 atom stereocenters. The lowest BCUT2D eigenvalue weighted by atomic mass is 9.83. The minimum absolute atomic E-state index is 0.0499. The molecule has 27 heavy (non-hydrogen) atoms. The van der Waals surface area contributed by atoms with E-state index in [4.69, 9.17) is 0 Å². The Morgan fingerprint density at radius 1 is 1.11 bits per heavy atom. The third-order valence-electron chi connectivity index (χ3n) is 5.51. The Hall–Kier alpha value is -2.55. The topological polar surface area (TPSA) is 44.9 Å². The van der Waals surface area contributed by atoms with Crippen LogP contribution >= 0.6 is 0 Å². The molecule has 2 N–H and O–H groups in total. The summed E-state index contributed by atoms with van der Waals surface area (Å²) in [4.78, 5) is 16.0. The summed E-state index contributed by atoms with van der Waals surface area (Å²) < 4.78 is 0. The van der Waals surface area contributed by atoms with E-state index in [-0.39, 0.29) is 17.2 Å². The lowest BCUT2D eigenvalue weighted by Crippen LogP contribution is -2.27. The molecular formula is C24H28N2O. The highest BCUT2D eigenvalue weighted by Crippen LogP contribution is 2.35. The highest BCUT2D eigenvalue weighted by atomic mass is 16.1. The molecule has 1 saturated carbocycles. The van der Waals surface area contributed by atoms with Gasteiger partial charge >= 0.3 is 0 Å². The third kappa shape index (κ3) is 3.92. The molecule has 1 aliphatic carbocycles. The van der Waals surface area contributed by atoms with Gasteiger partial charge in [0.1, 0.15) is 0 Å². The first kappa shape index (κ1) is 17.8. The summed E-state index contributed by atoms with van der Waals surface area (Å²) in [5.41, 5.74) is 4.94. The van der Waals surface area contributed by atoms with Crippen molar-refractivity contribution in [2.24, 2.45) is 0 Å². The number of carbonyl (C=O) groups is 1. The number of H-pyrrole nitrogens is 1. The lowest BCUT2D eigenvalue weighted by molar-refractivity contribution is -0.121. The van der Waals surface area contributed by atoms with Crippen LogP contribution in [0.4, 0.5) is 0 Å². The molecule has 3 nitrogen and oxygen atoms in total. The molecular weight excluding hydrogens is 332 g/mol. The number of carbonyl (C=O) groups excluding carboxylic acids is 1. The quantitative estimate of drug-likeness (QED) is 0.640. The number of hydrogen-bond acceptors (Lipinski definition) is 1. The van der Waals surface area contributed by atoms with Crippen LogP contribution < -0.4 is 5.32 Å². The number of aromatic amines is 1. The largest absolute Gasteiger partial charge is 0.361 e. The normalized spacial score (nSPS) is 15.7. The van der Waals surface area contributed by atoms with Crippen molar-refractivity contribution < 1.29 is 4.79 Å². The van der Waals surface area contributed by atoms with Gasteiger partial charge < -0.3 is 10.3 Å². The number of para-hydroxylation sites is 1. The Labute approximate surface area is 161 Å². The molecule has 3 heteroatoms. The van der Waals surface area contributed by atoms with Crippen LogP contribution in [0, 0.1) is 0 Å². The number of rotatable bonds is 5. The molecule has 0 bridgehead atoms. The summed E-state index contributed by atoms with van der Waals surface area (Å²) in [5.74, 6) is 0.196. The van der Waals surface area contributed by atoms with E-state index in [0.717, 1.165) is 18.4 Å². The summed E-state index contributed by atoms with van der Waals surface area (Å²) >= 11 is 0. The summed E-state index contributed by atoms with van der Waals surface area (Å²) in [5, 5.41) is 4.35. The van der Waals surface area contributed by atoms with Crippen molar-refractivity contribution in [2.45, 2.75) is 57.4 Å². The zero-order valence-electron chi connectivity index (χ0n) is 16.4. The summed E-state index contributed by atoms with van der Waals surface area (Å²) in [7, 11) is 0. The molecule has 2 aromatic carbocycles. The fourth-order valence-corrected chi connectivity index (χ4v) is 3.70. The van der Waals surface area contributed by atoms with Crippen LogP contribution in [0.15, 0.2) is 54.7 Å². The summed E-state index contributed by atoms with van der Waals surface area (Å²) in [6.07, 6.45) is 4.78. The SMILES string of the molecule is CC(C)(C)c1ccc(C(CC(=O)NC2CC2)c2c[nH]c3ccccc23)cc1. The Morgan fingerprint density at radius 3 is 2.48 bits per heavy atom. The molecule has 0 spiro atoms. The molecule has 1 fully saturated rings. The Bertz CT molecular complexity index is 942. The molecule has 1 heterocycles. The number of amides is 1. The lowest BCUT2D eigenvalue weighted by Gasteiger charge is -2.22. The number of benzene rings is 2. The smallest absolute Gasteiger partial charge is 0.221 e. The van der Waals surface area contributed by atoms with Crippen LogP contribution in [0.25, 0.3) is 10.9 Å². The fraction of sp³-hybridized carbons (Fsp3) is 0.375. The van der Waals surface area contributed by atoms with Gasteiger partial charge in [-0.25, -0.2) is 0 Å². The van der Waals surface area contributed by atoms with Crippen molar-refractivity contribution in [2.75, 3.05) is 0 Å². The molecule has 1 aromatic heterocycles. The second-order valence-electron chi connectivity index (χ2n) is 8.76. The van der Waals surface area contributed by atoms with E-state index in [0.29, 0.717) is 12.5 Å². The van der Waals surface area contributed by atoms with E-state index in [1.165, 1.54) is 22.1 Å².